The van der Waals surface area contributed by atoms with Crippen LogP contribution in [0.4, 0.5) is 0 Å². The Kier molecular flexibility index (Phi) is 15.6. The van der Waals surface area contributed by atoms with Gasteiger partial charge in [-0.05, 0) is 70.8 Å². The van der Waals surface area contributed by atoms with Gasteiger partial charge in [-0.2, -0.15) is 0 Å². The number of hydrogen-bond acceptors (Lipinski definition) is 5. The van der Waals surface area contributed by atoms with Crippen molar-refractivity contribution in [3.05, 3.63) is 11.6 Å². The molecular weight excluding hydrogens is 566 g/mol. The van der Waals surface area contributed by atoms with E-state index >= 15 is 0 Å². The third kappa shape index (κ3) is 11.1. The first-order chi connectivity index (χ1) is 21.1. The van der Waals surface area contributed by atoms with Gasteiger partial charge in [-0.3, -0.25) is 24.1 Å². The Morgan fingerprint density at radius 3 is 2.13 bits per heavy atom. The maximum Gasteiger partial charge on any atom is 0.249 e. The average Bonchev–Trinajstić information content (AvgIpc) is 3.48. The number of carbonyl (C=O) groups is 4. The Labute approximate surface area is 274 Å². The summed E-state index contributed by atoms with van der Waals surface area (Å²) in [4.78, 5) is 60.0. The van der Waals surface area contributed by atoms with Gasteiger partial charge in [0.25, 0.3) is 0 Å². The summed E-state index contributed by atoms with van der Waals surface area (Å²) in [5.41, 5.74) is 0.0133. The number of amides is 4. The first-order valence-electron chi connectivity index (χ1n) is 17.7. The van der Waals surface area contributed by atoms with Gasteiger partial charge >= 0.3 is 0 Å². The van der Waals surface area contributed by atoms with Gasteiger partial charge in [0.1, 0.15) is 12.1 Å². The molecule has 2 saturated heterocycles. The summed E-state index contributed by atoms with van der Waals surface area (Å²) in [6.07, 6.45) is 11.8. The number of piperidine rings is 1. The first kappa shape index (κ1) is 38.8. The van der Waals surface area contributed by atoms with E-state index in [1.165, 1.54) is 19.3 Å². The fourth-order valence-corrected chi connectivity index (χ4v) is 6.74. The molecule has 0 aromatic carbocycles. The molecule has 0 aliphatic carbocycles. The molecule has 2 aliphatic heterocycles. The third-order valence-electron chi connectivity index (χ3n) is 9.54. The van der Waals surface area contributed by atoms with Crippen molar-refractivity contribution in [3.8, 4) is 0 Å². The zero-order chi connectivity index (χ0) is 33.9. The van der Waals surface area contributed by atoms with Crippen molar-refractivity contribution < 1.29 is 19.2 Å². The zero-order valence-corrected chi connectivity index (χ0v) is 30.2. The topological polar surface area (TPSA) is 102 Å². The van der Waals surface area contributed by atoms with Crippen LogP contribution in [0, 0.1) is 11.3 Å². The molecule has 0 radical (unpaired) electrons. The number of likely N-dealkylation sites (N-methyl/N-ethyl adjacent to an activating group) is 1. The number of carbonyl (C=O) groups excluding carboxylic acids is 4. The van der Waals surface area contributed by atoms with Crippen molar-refractivity contribution in [2.24, 2.45) is 11.3 Å². The number of nitrogens with one attached hydrogen (secondary N) is 2. The van der Waals surface area contributed by atoms with Crippen LogP contribution >= 0.6 is 0 Å². The largest absolute Gasteiger partial charge is 0.354 e. The minimum atomic E-state index is -0.717. The van der Waals surface area contributed by atoms with Crippen molar-refractivity contribution in [2.45, 2.75) is 157 Å². The zero-order valence-electron chi connectivity index (χ0n) is 30.2. The Morgan fingerprint density at radius 2 is 1.53 bits per heavy atom. The molecule has 2 fully saturated rings. The molecule has 2 rings (SSSR count). The van der Waals surface area contributed by atoms with Crippen LogP contribution in [-0.4, -0.2) is 95.2 Å². The molecule has 258 valence electrons. The number of likely N-dealkylation sites (tertiary alicyclic amines) is 2. The van der Waals surface area contributed by atoms with E-state index in [1.807, 2.05) is 40.7 Å². The van der Waals surface area contributed by atoms with Crippen LogP contribution in [0.3, 0.4) is 0 Å². The lowest BCUT2D eigenvalue weighted by Crippen LogP contribution is -2.60. The summed E-state index contributed by atoms with van der Waals surface area (Å²) in [7, 11) is 1.76. The quantitative estimate of drug-likeness (QED) is 0.189. The SMILES string of the molecule is CCCCCCCNC(=O)[C@@H]1CCCN1C(=O)C(C)=C[C@H](C(C)C)N(C)C(=O)[C@@H](NC(=O)[C@H]1CCCCN1C(C)C)C(C)(C)C. The van der Waals surface area contributed by atoms with E-state index in [4.69, 9.17) is 0 Å². The van der Waals surface area contributed by atoms with Crippen LogP contribution < -0.4 is 10.6 Å². The Balaban J connectivity index is 2.16. The predicted octanol–water partition coefficient (Wildman–Crippen LogP) is 5.29. The number of nitrogens with zero attached hydrogens (tertiary/aromatic N) is 3. The third-order valence-corrected chi connectivity index (χ3v) is 9.54. The van der Waals surface area contributed by atoms with Crippen LogP contribution in [0.5, 0.6) is 0 Å². The van der Waals surface area contributed by atoms with E-state index in [1.54, 1.807) is 23.8 Å². The van der Waals surface area contributed by atoms with E-state index in [0.29, 0.717) is 25.1 Å². The summed E-state index contributed by atoms with van der Waals surface area (Å²) < 4.78 is 0. The van der Waals surface area contributed by atoms with Gasteiger partial charge in [0.15, 0.2) is 0 Å². The summed E-state index contributed by atoms with van der Waals surface area (Å²) in [5.74, 6) is -0.468. The number of unbranched alkanes of at least 4 members (excludes halogenated alkanes) is 4. The van der Waals surface area contributed by atoms with E-state index in [-0.39, 0.29) is 47.7 Å². The monoisotopic (exact) mass is 632 g/mol. The molecular formula is C36H65N5O4. The lowest BCUT2D eigenvalue weighted by Gasteiger charge is -2.41. The molecule has 0 unspecified atom stereocenters. The highest BCUT2D eigenvalue weighted by Gasteiger charge is 2.40. The standard InChI is InChI=1S/C36H65N5O4/c1-11-12-13-14-16-21-37-32(42)28-20-18-23-41(28)34(44)27(6)24-30(25(2)3)39(10)35(45)31(36(7,8)9)38-33(43)29-19-15-17-22-40(29)26(4)5/h24-26,28-31H,11-23H2,1-10H3,(H,37,42)(H,38,43)/t28-,29+,30+,31+/m0/s1. The molecule has 0 aromatic heterocycles. The molecule has 0 aromatic rings. The second-order valence-corrected chi connectivity index (χ2v) is 15.0. The van der Waals surface area contributed by atoms with Crippen molar-refractivity contribution in [3.63, 3.8) is 0 Å². The highest BCUT2D eigenvalue weighted by molar-refractivity contribution is 5.97. The van der Waals surface area contributed by atoms with Crippen LogP contribution in [0.15, 0.2) is 11.6 Å². The summed E-state index contributed by atoms with van der Waals surface area (Å²) >= 11 is 0. The van der Waals surface area contributed by atoms with Crippen molar-refractivity contribution in [1.29, 1.82) is 0 Å². The molecule has 45 heavy (non-hydrogen) atoms. The Hall–Kier alpha value is -2.42. The molecule has 2 N–H and O–H groups in total. The van der Waals surface area contributed by atoms with E-state index in [2.05, 4.69) is 36.3 Å². The molecule has 9 heteroatoms. The Morgan fingerprint density at radius 1 is 0.889 bits per heavy atom. The van der Waals surface area contributed by atoms with Gasteiger partial charge < -0.3 is 20.4 Å². The molecule has 0 bridgehead atoms. The second kappa shape index (κ2) is 18.1. The minimum Gasteiger partial charge on any atom is -0.354 e. The molecule has 4 atom stereocenters. The van der Waals surface area contributed by atoms with Crippen molar-refractivity contribution in [1.82, 2.24) is 25.3 Å². The molecule has 9 nitrogen and oxygen atoms in total. The van der Waals surface area contributed by atoms with Gasteiger partial charge in [-0.25, -0.2) is 0 Å². The van der Waals surface area contributed by atoms with Gasteiger partial charge in [0, 0.05) is 31.8 Å². The van der Waals surface area contributed by atoms with Crippen molar-refractivity contribution in [2.75, 3.05) is 26.7 Å². The molecule has 0 spiro atoms. The number of rotatable bonds is 15. The lowest BCUT2D eigenvalue weighted by atomic mass is 9.84. The van der Waals surface area contributed by atoms with Gasteiger partial charge in [0.2, 0.25) is 23.6 Å². The average molecular weight is 632 g/mol. The van der Waals surface area contributed by atoms with Crippen LogP contribution in [-0.2, 0) is 19.2 Å². The van der Waals surface area contributed by atoms with Crippen molar-refractivity contribution >= 4 is 23.6 Å². The van der Waals surface area contributed by atoms with E-state index in [0.717, 1.165) is 45.1 Å². The maximum atomic E-state index is 14.1. The molecule has 0 saturated carbocycles. The van der Waals surface area contributed by atoms with Crippen LogP contribution in [0.2, 0.25) is 0 Å². The molecule has 2 aliphatic rings. The molecule has 2 heterocycles. The fraction of sp³-hybridized carbons (Fsp3) is 0.833. The van der Waals surface area contributed by atoms with Gasteiger partial charge in [-0.1, -0.05) is 79.7 Å². The highest BCUT2D eigenvalue weighted by Crippen LogP contribution is 2.27. The summed E-state index contributed by atoms with van der Waals surface area (Å²) in [6, 6.07) is -1.53. The molecule has 4 amide bonds. The maximum absolute atomic E-state index is 14.1. The van der Waals surface area contributed by atoms with Gasteiger partial charge in [-0.15, -0.1) is 0 Å². The summed E-state index contributed by atoms with van der Waals surface area (Å²) in [5, 5.41) is 6.19. The predicted molar refractivity (Wildman–Crippen MR) is 183 cm³/mol. The number of hydrogen-bond donors (Lipinski definition) is 2. The van der Waals surface area contributed by atoms with Crippen LogP contribution in [0.25, 0.3) is 0 Å². The fourth-order valence-electron chi connectivity index (χ4n) is 6.74. The van der Waals surface area contributed by atoms with E-state index < -0.39 is 17.5 Å². The lowest BCUT2D eigenvalue weighted by molar-refractivity contribution is -0.142. The normalized spacial score (nSPS) is 21.2. The highest BCUT2D eigenvalue weighted by atomic mass is 16.2. The first-order valence-corrected chi connectivity index (χ1v) is 17.7. The van der Waals surface area contributed by atoms with E-state index in [9.17, 15) is 19.2 Å². The second-order valence-electron chi connectivity index (χ2n) is 15.0. The Bertz CT molecular complexity index is 1020. The minimum absolute atomic E-state index is 0.0261. The summed E-state index contributed by atoms with van der Waals surface area (Å²) in [6.45, 7) is 20.3. The van der Waals surface area contributed by atoms with Gasteiger partial charge in [0.05, 0.1) is 12.1 Å². The smallest absolute Gasteiger partial charge is 0.249 e. The van der Waals surface area contributed by atoms with Crippen LogP contribution in [0.1, 0.15) is 127 Å².